The maximum Gasteiger partial charge on any atom is 0.256 e. The van der Waals surface area contributed by atoms with E-state index < -0.39 is 0 Å². The van der Waals surface area contributed by atoms with Crippen molar-refractivity contribution in [3.8, 4) is 0 Å². The van der Waals surface area contributed by atoms with Crippen molar-refractivity contribution in [1.82, 2.24) is 4.90 Å². The lowest BCUT2D eigenvalue weighted by Gasteiger charge is -2.16. The number of hydrogen-bond donors (Lipinski definition) is 1. The van der Waals surface area contributed by atoms with Crippen LogP contribution in [-0.2, 0) is 17.6 Å². The predicted molar refractivity (Wildman–Crippen MR) is 91.8 cm³/mol. The Balaban J connectivity index is 2.20. The summed E-state index contributed by atoms with van der Waals surface area (Å²) in [5.41, 5.74) is 1.90. The van der Waals surface area contributed by atoms with Gasteiger partial charge in [0.1, 0.15) is 5.00 Å². The molecule has 1 aromatic heterocycles. The van der Waals surface area contributed by atoms with Gasteiger partial charge in [-0.2, -0.15) is 0 Å². The van der Waals surface area contributed by atoms with Crippen LogP contribution in [0, 0.1) is 0 Å². The molecule has 4 nitrogen and oxygen atoms in total. The third-order valence-corrected chi connectivity index (χ3v) is 5.26. The van der Waals surface area contributed by atoms with Gasteiger partial charge in [0.05, 0.1) is 5.56 Å². The lowest BCUT2D eigenvalue weighted by Crippen LogP contribution is -2.24. The van der Waals surface area contributed by atoms with Crippen LogP contribution in [0.1, 0.15) is 66.2 Å². The summed E-state index contributed by atoms with van der Waals surface area (Å²) < 4.78 is 0. The topological polar surface area (TPSA) is 49.4 Å². The summed E-state index contributed by atoms with van der Waals surface area (Å²) in [5.74, 6) is 0.0307. The molecule has 0 aromatic carbocycles. The molecule has 1 N–H and O–H groups in total. The van der Waals surface area contributed by atoms with Gasteiger partial charge in [-0.15, -0.1) is 11.3 Å². The first-order valence-corrected chi connectivity index (χ1v) is 9.02. The SMILES string of the molecule is CCCCCC(=O)Nc1sc2c(c1C(=O)N(C)C)CCCC2. The molecule has 0 radical (unpaired) electrons. The molecule has 1 aliphatic carbocycles. The second kappa shape index (κ2) is 7.77. The first-order chi connectivity index (χ1) is 10.5. The second-order valence-electron chi connectivity index (χ2n) is 6.12. The molecule has 0 aliphatic heterocycles. The number of rotatable bonds is 6. The third-order valence-electron chi connectivity index (χ3n) is 4.05. The fraction of sp³-hybridized carbons (Fsp3) is 0.647. The van der Waals surface area contributed by atoms with E-state index >= 15 is 0 Å². The molecule has 0 spiro atoms. The van der Waals surface area contributed by atoms with Gasteiger partial charge in [0.25, 0.3) is 5.91 Å². The van der Waals surface area contributed by atoms with Gasteiger partial charge >= 0.3 is 0 Å². The Bertz CT molecular complexity index is 549. The van der Waals surface area contributed by atoms with Crippen molar-refractivity contribution in [2.24, 2.45) is 0 Å². The number of nitrogens with one attached hydrogen (secondary N) is 1. The molecule has 0 unspecified atom stereocenters. The van der Waals surface area contributed by atoms with Crippen molar-refractivity contribution in [2.45, 2.75) is 58.3 Å². The quantitative estimate of drug-likeness (QED) is 0.809. The minimum atomic E-state index is 0.00302. The highest BCUT2D eigenvalue weighted by Gasteiger charge is 2.27. The molecule has 22 heavy (non-hydrogen) atoms. The number of unbranched alkanes of at least 4 members (excludes halogenated alkanes) is 2. The summed E-state index contributed by atoms with van der Waals surface area (Å²) >= 11 is 1.60. The molecule has 2 amide bonds. The number of carbonyl (C=O) groups is 2. The Morgan fingerprint density at radius 1 is 1.18 bits per heavy atom. The summed E-state index contributed by atoms with van der Waals surface area (Å²) in [6.07, 6.45) is 7.89. The summed E-state index contributed by atoms with van der Waals surface area (Å²) in [6.45, 7) is 2.12. The van der Waals surface area contributed by atoms with E-state index in [4.69, 9.17) is 0 Å². The number of nitrogens with zero attached hydrogens (tertiary/aromatic N) is 1. The molecular weight excluding hydrogens is 296 g/mol. The van der Waals surface area contributed by atoms with Gasteiger partial charge in [-0.05, 0) is 37.7 Å². The van der Waals surface area contributed by atoms with E-state index in [1.165, 1.54) is 16.9 Å². The highest BCUT2D eigenvalue weighted by Crippen LogP contribution is 2.38. The second-order valence-corrected chi connectivity index (χ2v) is 7.23. The molecule has 0 atom stereocenters. The molecule has 1 aromatic rings. The molecule has 122 valence electrons. The Labute approximate surface area is 136 Å². The minimum absolute atomic E-state index is 0.00302. The molecule has 2 rings (SSSR count). The maximum atomic E-state index is 12.5. The van der Waals surface area contributed by atoms with Gasteiger partial charge < -0.3 is 10.2 Å². The van der Waals surface area contributed by atoms with E-state index in [0.29, 0.717) is 6.42 Å². The van der Waals surface area contributed by atoms with Crippen LogP contribution in [0.25, 0.3) is 0 Å². The van der Waals surface area contributed by atoms with Crippen LogP contribution < -0.4 is 5.32 Å². The molecular formula is C17H26N2O2S. The average molecular weight is 322 g/mol. The fourth-order valence-electron chi connectivity index (χ4n) is 2.83. The summed E-state index contributed by atoms with van der Waals surface area (Å²) in [5, 5.41) is 3.75. The minimum Gasteiger partial charge on any atom is -0.345 e. The number of thiophene rings is 1. The standard InChI is InChI=1S/C17H26N2O2S/c1-4-5-6-11-14(20)18-16-15(17(21)19(2)3)12-9-7-8-10-13(12)22-16/h4-11H2,1-3H3,(H,18,20). The van der Waals surface area contributed by atoms with Crippen molar-refractivity contribution in [1.29, 1.82) is 0 Å². The van der Waals surface area contributed by atoms with Crippen LogP contribution in [0.15, 0.2) is 0 Å². The van der Waals surface area contributed by atoms with Gasteiger partial charge in [0.15, 0.2) is 0 Å². The summed E-state index contributed by atoms with van der Waals surface area (Å²) in [6, 6.07) is 0. The number of anilines is 1. The smallest absolute Gasteiger partial charge is 0.256 e. The first-order valence-electron chi connectivity index (χ1n) is 8.20. The maximum absolute atomic E-state index is 12.5. The Kier molecular flexibility index (Phi) is 6.00. The Morgan fingerprint density at radius 2 is 1.91 bits per heavy atom. The lowest BCUT2D eigenvalue weighted by molar-refractivity contribution is -0.116. The fourth-order valence-corrected chi connectivity index (χ4v) is 4.13. The van der Waals surface area contributed by atoms with Gasteiger partial charge in [-0.1, -0.05) is 19.8 Å². The average Bonchev–Trinajstić information content (AvgIpc) is 2.84. The highest BCUT2D eigenvalue weighted by atomic mass is 32.1. The van der Waals surface area contributed by atoms with Crippen LogP contribution >= 0.6 is 11.3 Å². The van der Waals surface area contributed by atoms with E-state index in [0.717, 1.165) is 49.1 Å². The van der Waals surface area contributed by atoms with E-state index in [9.17, 15) is 9.59 Å². The Hall–Kier alpha value is -1.36. The van der Waals surface area contributed by atoms with Gasteiger partial charge in [0, 0.05) is 25.4 Å². The van der Waals surface area contributed by atoms with Crippen LogP contribution in [0.5, 0.6) is 0 Å². The van der Waals surface area contributed by atoms with Crippen LogP contribution in [-0.4, -0.2) is 30.8 Å². The lowest BCUT2D eigenvalue weighted by atomic mass is 9.95. The molecule has 0 saturated heterocycles. The molecule has 1 heterocycles. The van der Waals surface area contributed by atoms with Crippen molar-refractivity contribution in [3.05, 3.63) is 16.0 Å². The summed E-state index contributed by atoms with van der Waals surface area (Å²) in [4.78, 5) is 27.5. The molecule has 0 saturated carbocycles. The van der Waals surface area contributed by atoms with E-state index in [-0.39, 0.29) is 11.8 Å². The van der Waals surface area contributed by atoms with Gasteiger partial charge in [0.2, 0.25) is 5.91 Å². The van der Waals surface area contributed by atoms with Crippen molar-refractivity contribution < 1.29 is 9.59 Å². The molecule has 5 heteroatoms. The highest BCUT2D eigenvalue weighted by molar-refractivity contribution is 7.17. The van der Waals surface area contributed by atoms with Crippen molar-refractivity contribution >= 4 is 28.2 Å². The number of fused-ring (bicyclic) bond motifs is 1. The first kappa shape index (κ1) is 17.0. The number of carbonyl (C=O) groups excluding carboxylic acids is 2. The van der Waals surface area contributed by atoms with Crippen LogP contribution in [0.2, 0.25) is 0 Å². The zero-order valence-electron chi connectivity index (χ0n) is 13.8. The monoisotopic (exact) mass is 322 g/mol. The normalized spacial score (nSPS) is 13.6. The zero-order chi connectivity index (χ0) is 16.1. The van der Waals surface area contributed by atoms with E-state index in [1.54, 1.807) is 30.3 Å². The van der Waals surface area contributed by atoms with E-state index in [1.807, 2.05) is 0 Å². The van der Waals surface area contributed by atoms with Crippen molar-refractivity contribution in [2.75, 3.05) is 19.4 Å². The zero-order valence-corrected chi connectivity index (χ0v) is 14.6. The van der Waals surface area contributed by atoms with Gasteiger partial charge in [-0.25, -0.2) is 0 Å². The molecule has 0 bridgehead atoms. The molecule has 0 fully saturated rings. The van der Waals surface area contributed by atoms with Crippen LogP contribution in [0.4, 0.5) is 5.00 Å². The number of aryl methyl sites for hydroxylation is 1. The Morgan fingerprint density at radius 3 is 2.59 bits per heavy atom. The number of amides is 2. The summed E-state index contributed by atoms with van der Waals surface area (Å²) in [7, 11) is 3.53. The van der Waals surface area contributed by atoms with Crippen molar-refractivity contribution in [3.63, 3.8) is 0 Å². The van der Waals surface area contributed by atoms with Crippen LogP contribution in [0.3, 0.4) is 0 Å². The molecule has 1 aliphatic rings. The number of hydrogen-bond acceptors (Lipinski definition) is 3. The van der Waals surface area contributed by atoms with Gasteiger partial charge in [-0.3, -0.25) is 9.59 Å². The predicted octanol–water partition coefficient (Wildman–Crippen LogP) is 3.85. The third kappa shape index (κ3) is 3.88. The van der Waals surface area contributed by atoms with E-state index in [2.05, 4.69) is 12.2 Å². The largest absolute Gasteiger partial charge is 0.345 e.